The van der Waals surface area contributed by atoms with Gasteiger partial charge in [0.1, 0.15) is 17.2 Å². The number of hydrogen-bond donors (Lipinski definition) is 0. The normalized spacial score (nSPS) is 10.7. The van der Waals surface area contributed by atoms with Crippen molar-refractivity contribution in [1.29, 1.82) is 0 Å². The van der Waals surface area contributed by atoms with Crippen LogP contribution in [-0.2, 0) is 22.6 Å². The molecule has 8 nitrogen and oxygen atoms in total. The quantitative estimate of drug-likeness (QED) is 0.648. The molecule has 0 bridgehead atoms. The van der Waals surface area contributed by atoms with Crippen LogP contribution in [0.5, 0.6) is 0 Å². The van der Waals surface area contributed by atoms with Gasteiger partial charge in [-0.2, -0.15) is 5.10 Å². The van der Waals surface area contributed by atoms with Crippen LogP contribution in [0.25, 0.3) is 11.3 Å². The number of carbonyl (C=O) groups is 1. The summed E-state index contributed by atoms with van der Waals surface area (Å²) in [5.41, 5.74) is 1.49. The zero-order valence-corrected chi connectivity index (χ0v) is 12.0. The van der Waals surface area contributed by atoms with Crippen LogP contribution in [0.4, 0.5) is 0 Å². The van der Waals surface area contributed by atoms with Gasteiger partial charge in [0.2, 0.25) is 0 Å². The summed E-state index contributed by atoms with van der Waals surface area (Å²) in [5, 5.41) is 15.1. The molecule has 0 aliphatic carbocycles. The molecule has 0 atom stereocenters. The highest BCUT2D eigenvalue weighted by Gasteiger charge is 2.09. The lowest BCUT2D eigenvalue weighted by atomic mass is 10.3. The van der Waals surface area contributed by atoms with E-state index >= 15 is 0 Å². The van der Waals surface area contributed by atoms with E-state index in [1.54, 1.807) is 34.6 Å². The molecule has 0 amide bonds. The largest absolute Gasteiger partial charge is 0.468 e. The predicted octanol–water partition coefficient (Wildman–Crippen LogP) is 0.819. The van der Waals surface area contributed by atoms with Crippen molar-refractivity contribution in [2.75, 3.05) is 7.11 Å². The Balaban J connectivity index is 1.72. The SMILES string of the molecule is COC(=O)Cn1cc(-c2cn(Cc3nccs3)nn2)cn1. The van der Waals surface area contributed by atoms with E-state index < -0.39 is 0 Å². The number of rotatable bonds is 5. The fraction of sp³-hybridized carbons (Fsp3) is 0.250. The van der Waals surface area contributed by atoms with E-state index in [0.717, 1.165) is 10.6 Å². The van der Waals surface area contributed by atoms with Crippen molar-refractivity contribution in [3.8, 4) is 11.3 Å². The van der Waals surface area contributed by atoms with Gasteiger partial charge in [-0.05, 0) is 0 Å². The van der Waals surface area contributed by atoms with E-state index in [1.165, 1.54) is 11.8 Å². The third kappa shape index (κ3) is 3.14. The summed E-state index contributed by atoms with van der Waals surface area (Å²) >= 11 is 1.57. The summed E-state index contributed by atoms with van der Waals surface area (Å²) < 4.78 is 7.81. The van der Waals surface area contributed by atoms with Crippen LogP contribution in [0.2, 0.25) is 0 Å². The van der Waals surface area contributed by atoms with Crippen molar-refractivity contribution in [3.05, 3.63) is 35.2 Å². The average Bonchev–Trinajstić information content (AvgIpc) is 3.20. The first-order valence-corrected chi connectivity index (χ1v) is 7.00. The second-order valence-electron chi connectivity index (χ2n) is 4.23. The van der Waals surface area contributed by atoms with Crippen molar-refractivity contribution in [2.24, 2.45) is 0 Å². The van der Waals surface area contributed by atoms with E-state index in [0.29, 0.717) is 12.2 Å². The molecule has 0 N–H and O–H groups in total. The van der Waals surface area contributed by atoms with Crippen LogP contribution in [0, 0.1) is 0 Å². The highest BCUT2D eigenvalue weighted by molar-refractivity contribution is 7.09. The Hall–Kier alpha value is -2.55. The van der Waals surface area contributed by atoms with E-state index in [4.69, 9.17) is 0 Å². The van der Waals surface area contributed by atoms with Crippen LogP contribution < -0.4 is 0 Å². The van der Waals surface area contributed by atoms with Gasteiger partial charge in [0.25, 0.3) is 0 Å². The molecule has 0 fully saturated rings. The first-order chi connectivity index (χ1) is 10.2. The van der Waals surface area contributed by atoms with Crippen molar-refractivity contribution in [1.82, 2.24) is 29.8 Å². The van der Waals surface area contributed by atoms with Crippen molar-refractivity contribution >= 4 is 17.3 Å². The molecule has 3 aromatic heterocycles. The third-order valence-corrected chi connectivity index (χ3v) is 3.53. The summed E-state index contributed by atoms with van der Waals surface area (Å²) in [7, 11) is 1.34. The lowest BCUT2D eigenvalue weighted by molar-refractivity contribution is -0.141. The van der Waals surface area contributed by atoms with Gasteiger partial charge in [0.15, 0.2) is 0 Å². The Bertz CT molecular complexity index is 733. The highest BCUT2D eigenvalue weighted by atomic mass is 32.1. The second-order valence-corrected chi connectivity index (χ2v) is 5.21. The molecule has 0 radical (unpaired) electrons. The Labute approximate surface area is 124 Å². The molecular weight excluding hydrogens is 292 g/mol. The lowest BCUT2D eigenvalue weighted by Gasteiger charge is -1.97. The number of methoxy groups -OCH3 is 1. The summed E-state index contributed by atoms with van der Waals surface area (Å²) in [6.45, 7) is 0.657. The molecule has 9 heteroatoms. The van der Waals surface area contributed by atoms with Crippen LogP contribution in [0.15, 0.2) is 30.2 Å². The number of hydrogen-bond acceptors (Lipinski definition) is 7. The monoisotopic (exact) mass is 304 g/mol. The van der Waals surface area contributed by atoms with E-state index in [9.17, 15) is 4.79 Å². The maximum Gasteiger partial charge on any atom is 0.327 e. The smallest absolute Gasteiger partial charge is 0.327 e. The molecule has 0 saturated heterocycles. The number of nitrogens with zero attached hydrogens (tertiary/aromatic N) is 6. The highest BCUT2D eigenvalue weighted by Crippen LogP contribution is 2.15. The van der Waals surface area contributed by atoms with Gasteiger partial charge in [-0.25, -0.2) is 9.67 Å². The first-order valence-electron chi connectivity index (χ1n) is 6.13. The summed E-state index contributed by atoms with van der Waals surface area (Å²) in [5.74, 6) is -0.350. The van der Waals surface area contributed by atoms with Gasteiger partial charge < -0.3 is 4.74 Å². The third-order valence-electron chi connectivity index (χ3n) is 2.77. The summed E-state index contributed by atoms with van der Waals surface area (Å²) in [6.07, 6.45) is 6.95. The zero-order valence-electron chi connectivity index (χ0n) is 11.2. The van der Waals surface area contributed by atoms with Gasteiger partial charge in [-0.1, -0.05) is 5.21 Å². The van der Waals surface area contributed by atoms with E-state index in [-0.39, 0.29) is 12.5 Å². The minimum atomic E-state index is -0.350. The molecule has 21 heavy (non-hydrogen) atoms. The maximum atomic E-state index is 11.2. The second kappa shape index (κ2) is 5.83. The number of aromatic nitrogens is 6. The van der Waals surface area contributed by atoms with Crippen LogP contribution in [0.1, 0.15) is 5.01 Å². The minimum Gasteiger partial charge on any atom is -0.468 e. The molecule has 0 unspecified atom stereocenters. The Kier molecular flexibility index (Phi) is 3.73. The number of ether oxygens (including phenoxy) is 1. The molecular formula is C12H12N6O2S. The predicted molar refractivity (Wildman–Crippen MR) is 74.5 cm³/mol. The average molecular weight is 304 g/mol. The molecule has 3 aromatic rings. The van der Waals surface area contributed by atoms with Gasteiger partial charge in [0.05, 0.1) is 26.0 Å². The number of thiazole rings is 1. The Morgan fingerprint density at radius 3 is 3.05 bits per heavy atom. The lowest BCUT2D eigenvalue weighted by Crippen LogP contribution is -2.11. The fourth-order valence-corrected chi connectivity index (χ4v) is 2.36. The molecule has 0 aromatic carbocycles. The van der Waals surface area contributed by atoms with Gasteiger partial charge in [-0.15, -0.1) is 16.4 Å². The molecule has 0 aliphatic rings. The number of esters is 1. The van der Waals surface area contributed by atoms with Crippen molar-refractivity contribution in [3.63, 3.8) is 0 Å². The Morgan fingerprint density at radius 1 is 1.38 bits per heavy atom. The molecule has 0 aliphatic heterocycles. The minimum absolute atomic E-state index is 0.0732. The zero-order chi connectivity index (χ0) is 14.7. The topological polar surface area (TPSA) is 87.7 Å². The van der Waals surface area contributed by atoms with Gasteiger partial charge in [-0.3, -0.25) is 9.48 Å². The maximum absolute atomic E-state index is 11.2. The summed E-state index contributed by atoms with van der Waals surface area (Å²) in [6, 6.07) is 0. The molecule has 0 saturated carbocycles. The molecule has 108 valence electrons. The van der Waals surface area contributed by atoms with Crippen LogP contribution in [-0.4, -0.2) is 42.8 Å². The molecule has 3 heterocycles. The van der Waals surface area contributed by atoms with E-state index in [2.05, 4.69) is 25.1 Å². The van der Waals surface area contributed by atoms with Crippen LogP contribution >= 0.6 is 11.3 Å². The first kappa shape index (κ1) is 13.4. The van der Waals surface area contributed by atoms with Crippen molar-refractivity contribution in [2.45, 2.75) is 13.1 Å². The number of carbonyl (C=O) groups excluding carboxylic acids is 1. The molecule has 3 rings (SSSR count). The van der Waals surface area contributed by atoms with Crippen LogP contribution in [0.3, 0.4) is 0 Å². The van der Waals surface area contributed by atoms with Gasteiger partial charge in [0, 0.05) is 23.3 Å². The molecule has 0 spiro atoms. The van der Waals surface area contributed by atoms with Gasteiger partial charge >= 0.3 is 5.97 Å². The Morgan fingerprint density at radius 2 is 2.29 bits per heavy atom. The summed E-state index contributed by atoms with van der Waals surface area (Å²) in [4.78, 5) is 15.4. The van der Waals surface area contributed by atoms with Crippen molar-refractivity contribution < 1.29 is 9.53 Å². The fourth-order valence-electron chi connectivity index (χ4n) is 1.76. The standard InChI is InChI=1S/C12H12N6O2S/c1-20-12(19)8-17-5-9(4-14-17)10-6-18(16-15-10)7-11-13-2-3-21-11/h2-6H,7-8H2,1H3. The van der Waals surface area contributed by atoms with E-state index in [1.807, 2.05) is 11.6 Å².